The first kappa shape index (κ1) is 19.7. The fourth-order valence-electron chi connectivity index (χ4n) is 3.57. The number of ketones is 1. The van der Waals surface area contributed by atoms with Crippen molar-refractivity contribution in [2.75, 3.05) is 21.3 Å². The van der Waals surface area contributed by atoms with Crippen molar-refractivity contribution < 1.29 is 38.8 Å². The molecule has 8 heteroatoms. The van der Waals surface area contributed by atoms with Gasteiger partial charge in [0.15, 0.2) is 17.3 Å². The first-order valence-corrected chi connectivity index (χ1v) is 7.95. The molecule has 0 radical (unpaired) electrons. The Hall–Kier alpha value is -2.61. The van der Waals surface area contributed by atoms with E-state index in [2.05, 4.69) is 0 Å². The maximum absolute atomic E-state index is 12.6. The molecule has 0 unspecified atom stereocenters. The van der Waals surface area contributed by atoms with Gasteiger partial charge in [0.05, 0.1) is 32.8 Å². The number of carbonyl (C=O) groups excluding carboxylic acids is 3. The van der Waals surface area contributed by atoms with Crippen LogP contribution in [0, 0.1) is 11.8 Å². The molecule has 0 aromatic heterocycles. The zero-order valence-electron chi connectivity index (χ0n) is 15.0. The topological polar surface area (TPSA) is 119 Å². The summed E-state index contributed by atoms with van der Waals surface area (Å²) in [4.78, 5) is 37.3. The summed E-state index contributed by atoms with van der Waals surface area (Å²) in [6.07, 6.45) is -0.391. The number of aliphatic hydroxyl groups is 1. The third-order valence-electron chi connectivity index (χ3n) is 4.77. The van der Waals surface area contributed by atoms with E-state index in [-0.39, 0.29) is 11.5 Å². The second-order valence-electron chi connectivity index (χ2n) is 6.46. The van der Waals surface area contributed by atoms with Crippen LogP contribution >= 0.6 is 0 Å². The standard InChI is InChI=1S/C18H22O8/c1-18(23)8-11(20)14(16(21)25-3)13(15(18)17(22)26-4)9-5-6-10(19)12(7-9)24-2/h5-7,13-15,19,23H,8H2,1-4H3/t13-,14+,15+,18+/m0/s1. The normalized spacial score (nSPS) is 28.3. The molecule has 1 saturated carbocycles. The van der Waals surface area contributed by atoms with E-state index in [0.29, 0.717) is 5.56 Å². The Morgan fingerprint density at radius 3 is 2.31 bits per heavy atom. The monoisotopic (exact) mass is 366 g/mol. The van der Waals surface area contributed by atoms with Crippen molar-refractivity contribution >= 4 is 17.7 Å². The molecule has 0 heterocycles. The molecule has 1 aromatic carbocycles. The van der Waals surface area contributed by atoms with E-state index in [4.69, 9.17) is 14.2 Å². The molecule has 0 saturated heterocycles. The van der Waals surface area contributed by atoms with Gasteiger partial charge in [-0.2, -0.15) is 0 Å². The summed E-state index contributed by atoms with van der Waals surface area (Å²) < 4.78 is 14.6. The average Bonchev–Trinajstić information content (AvgIpc) is 2.59. The van der Waals surface area contributed by atoms with Crippen molar-refractivity contribution in [1.82, 2.24) is 0 Å². The summed E-state index contributed by atoms with van der Waals surface area (Å²) in [5.74, 6) is -5.67. The molecule has 1 aromatic rings. The Morgan fingerprint density at radius 1 is 1.15 bits per heavy atom. The van der Waals surface area contributed by atoms with Crippen molar-refractivity contribution in [2.24, 2.45) is 11.8 Å². The molecular weight excluding hydrogens is 344 g/mol. The highest BCUT2D eigenvalue weighted by Gasteiger charge is 2.57. The predicted octanol–water partition coefficient (Wildman–Crippen LogP) is 0.787. The summed E-state index contributed by atoms with van der Waals surface area (Å²) in [6.45, 7) is 1.35. The van der Waals surface area contributed by atoms with Gasteiger partial charge >= 0.3 is 11.9 Å². The van der Waals surface area contributed by atoms with Crippen molar-refractivity contribution in [3.8, 4) is 11.5 Å². The van der Waals surface area contributed by atoms with Crippen LogP contribution in [0.2, 0.25) is 0 Å². The van der Waals surface area contributed by atoms with Gasteiger partial charge in [-0.15, -0.1) is 0 Å². The minimum absolute atomic E-state index is 0.104. The van der Waals surface area contributed by atoms with Crippen LogP contribution in [0.5, 0.6) is 11.5 Å². The highest BCUT2D eigenvalue weighted by molar-refractivity contribution is 6.02. The summed E-state index contributed by atoms with van der Waals surface area (Å²) in [6, 6.07) is 4.20. The van der Waals surface area contributed by atoms with Crippen LogP contribution in [-0.4, -0.2) is 54.9 Å². The van der Waals surface area contributed by atoms with Crippen LogP contribution in [0.1, 0.15) is 24.8 Å². The number of aromatic hydroxyl groups is 1. The Kier molecular flexibility index (Phi) is 5.56. The van der Waals surface area contributed by atoms with Crippen LogP contribution < -0.4 is 4.74 Å². The molecular formula is C18H22O8. The SMILES string of the molecule is COC(=O)[C@@H]1C(=O)C[C@@](C)(O)[C@@H](C(=O)OC)[C@H]1c1ccc(O)c(OC)c1. The summed E-state index contributed by atoms with van der Waals surface area (Å²) >= 11 is 0. The van der Waals surface area contributed by atoms with Gasteiger partial charge < -0.3 is 24.4 Å². The van der Waals surface area contributed by atoms with Gasteiger partial charge in [0.1, 0.15) is 5.92 Å². The van der Waals surface area contributed by atoms with Gasteiger partial charge in [-0.25, -0.2) is 0 Å². The van der Waals surface area contributed by atoms with E-state index >= 15 is 0 Å². The summed E-state index contributed by atoms with van der Waals surface area (Å²) in [7, 11) is 3.65. The van der Waals surface area contributed by atoms with E-state index < -0.39 is 47.5 Å². The molecule has 2 rings (SSSR count). The number of benzene rings is 1. The molecule has 0 spiro atoms. The average molecular weight is 366 g/mol. The first-order valence-electron chi connectivity index (χ1n) is 7.95. The van der Waals surface area contributed by atoms with Crippen molar-refractivity contribution in [2.45, 2.75) is 24.9 Å². The van der Waals surface area contributed by atoms with Crippen molar-refractivity contribution in [3.63, 3.8) is 0 Å². The highest BCUT2D eigenvalue weighted by atomic mass is 16.5. The number of esters is 2. The summed E-state index contributed by atoms with van der Waals surface area (Å²) in [5, 5.41) is 20.5. The molecule has 2 N–H and O–H groups in total. The van der Waals surface area contributed by atoms with E-state index in [1.54, 1.807) is 0 Å². The van der Waals surface area contributed by atoms with Crippen molar-refractivity contribution in [1.29, 1.82) is 0 Å². The zero-order valence-corrected chi connectivity index (χ0v) is 15.0. The van der Waals surface area contributed by atoms with Gasteiger partial charge in [0.25, 0.3) is 0 Å². The Balaban J connectivity index is 2.69. The van der Waals surface area contributed by atoms with Gasteiger partial charge in [-0.1, -0.05) is 6.07 Å². The molecule has 0 aliphatic heterocycles. The maximum atomic E-state index is 12.6. The smallest absolute Gasteiger partial charge is 0.316 e. The number of hydrogen-bond donors (Lipinski definition) is 2. The second kappa shape index (κ2) is 7.33. The predicted molar refractivity (Wildman–Crippen MR) is 88.7 cm³/mol. The lowest BCUT2D eigenvalue weighted by Gasteiger charge is -2.43. The molecule has 26 heavy (non-hydrogen) atoms. The number of ether oxygens (including phenoxy) is 3. The lowest BCUT2D eigenvalue weighted by Crippen LogP contribution is -2.55. The minimum Gasteiger partial charge on any atom is -0.504 e. The lowest BCUT2D eigenvalue weighted by atomic mass is 9.61. The van der Waals surface area contributed by atoms with Crippen LogP contribution in [0.15, 0.2) is 18.2 Å². The molecule has 8 nitrogen and oxygen atoms in total. The molecule has 4 atom stereocenters. The Labute approximate surface area is 150 Å². The quantitative estimate of drug-likeness (QED) is 0.593. The van der Waals surface area contributed by atoms with E-state index in [9.17, 15) is 24.6 Å². The number of hydrogen-bond acceptors (Lipinski definition) is 8. The Bertz CT molecular complexity index is 724. The van der Waals surface area contributed by atoms with Gasteiger partial charge in [-0.05, 0) is 24.6 Å². The van der Waals surface area contributed by atoms with Gasteiger partial charge in [0, 0.05) is 12.3 Å². The van der Waals surface area contributed by atoms with Gasteiger partial charge in [0.2, 0.25) is 0 Å². The molecule has 1 fully saturated rings. The number of Topliss-reactive ketones (excluding diaryl/α,β-unsaturated/α-hetero) is 1. The third-order valence-corrected chi connectivity index (χ3v) is 4.77. The number of phenols is 1. The number of phenolic OH excluding ortho intramolecular Hbond substituents is 1. The third kappa shape index (κ3) is 3.37. The van der Waals surface area contributed by atoms with E-state index in [1.807, 2.05) is 0 Å². The molecule has 142 valence electrons. The van der Waals surface area contributed by atoms with Crippen LogP contribution in [0.3, 0.4) is 0 Å². The van der Waals surface area contributed by atoms with Crippen LogP contribution in [0.25, 0.3) is 0 Å². The molecule has 1 aliphatic carbocycles. The fraction of sp³-hybridized carbons (Fsp3) is 0.500. The number of rotatable bonds is 4. The number of methoxy groups -OCH3 is 3. The zero-order chi connectivity index (χ0) is 19.6. The van der Waals surface area contributed by atoms with E-state index in [1.165, 1.54) is 32.2 Å². The molecule has 1 aliphatic rings. The van der Waals surface area contributed by atoms with Gasteiger partial charge in [-0.3, -0.25) is 14.4 Å². The highest BCUT2D eigenvalue weighted by Crippen LogP contribution is 2.47. The Morgan fingerprint density at radius 2 is 1.77 bits per heavy atom. The van der Waals surface area contributed by atoms with Crippen LogP contribution in [0.4, 0.5) is 0 Å². The molecule has 0 amide bonds. The fourth-order valence-corrected chi connectivity index (χ4v) is 3.57. The first-order chi connectivity index (χ1) is 12.2. The number of carbonyl (C=O) groups is 3. The summed E-state index contributed by atoms with van der Waals surface area (Å²) in [5.41, 5.74) is -1.36. The van der Waals surface area contributed by atoms with Crippen LogP contribution in [-0.2, 0) is 23.9 Å². The second-order valence-corrected chi connectivity index (χ2v) is 6.46. The minimum atomic E-state index is -1.72. The molecule has 0 bridgehead atoms. The van der Waals surface area contributed by atoms with Crippen molar-refractivity contribution in [3.05, 3.63) is 23.8 Å². The van der Waals surface area contributed by atoms with E-state index in [0.717, 1.165) is 14.2 Å². The lowest BCUT2D eigenvalue weighted by molar-refractivity contribution is -0.170. The maximum Gasteiger partial charge on any atom is 0.316 e. The largest absolute Gasteiger partial charge is 0.504 e.